The number of halogens is 6. The third-order valence-corrected chi connectivity index (χ3v) is 4.04. The summed E-state index contributed by atoms with van der Waals surface area (Å²) in [7, 11) is 0. The molecule has 2 rings (SSSR count). The number of benzene rings is 1. The van der Waals surface area contributed by atoms with Crippen LogP contribution in [0.2, 0.25) is 0 Å². The van der Waals surface area contributed by atoms with Gasteiger partial charge in [-0.2, -0.15) is 31.6 Å². The van der Waals surface area contributed by atoms with Gasteiger partial charge in [0.1, 0.15) is 0 Å². The predicted molar refractivity (Wildman–Crippen MR) is 77.4 cm³/mol. The van der Waals surface area contributed by atoms with Crippen LogP contribution in [0.15, 0.2) is 18.2 Å². The Hall–Kier alpha value is -2.97. The molecule has 1 aliphatic heterocycles. The standard InChI is InChI=1S/C15H11F6N3O3/c16-14(17,18)10-3-8(2-1-7(10)4-22)23-13(27)24-5-9(12(25)26)11(6-24)15(19,20)21/h1-3,9,11H,5-6H2,(H,23,27)(H,25,26)/t9-,11-/m1/s1. The number of carbonyl (C=O) groups excluding carboxylic acids is 1. The van der Waals surface area contributed by atoms with Crippen LogP contribution in [-0.4, -0.2) is 41.3 Å². The molecular formula is C15H11F6N3O3. The van der Waals surface area contributed by atoms with Crippen LogP contribution in [0.1, 0.15) is 11.1 Å². The maximum atomic E-state index is 12.9. The topological polar surface area (TPSA) is 93.4 Å². The number of likely N-dealkylation sites (tertiary alicyclic amines) is 1. The number of carboxylic acid groups (broad SMARTS) is 1. The Morgan fingerprint density at radius 2 is 1.81 bits per heavy atom. The van der Waals surface area contributed by atoms with E-state index in [4.69, 9.17) is 10.4 Å². The Bertz CT molecular complexity index is 799. The average Bonchev–Trinajstić information content (AvgIpc) is 3.00. The van der Waals surface area contributed by atoms with E-state index in [9.17, 15) is 35.9 Å². The van der Waals surface area contributed by atoms with Crippen LogP contribution < -0.4 is 5.32 Å². The van der Waals surface area contributed by atoms with Crippen molar-refractivity contribution in [3.63, 3.8) is 0 Å². The molecule has 0 saturated carbocycles. The van der Waals surface area contributed by atoms with Crippen molar-refractivity contribution in [2.24, 2.45) is 11.8 Å². The number of aliphatic carboxylic acids is 1. The SMILES string of the molecule is N#Cc1ccc(NC(=O)N2C[C@@H](C(F)(F)F)[C@H](C(=O)O)C2)cc1C(F)(F)F. The molecule has 1 aromatic rings. The van der Waals surface area contributed by atoms with Gasteiger partial charge in [-0.1, -0.05) is 0 Å². The van der Waals surface area contributed by atoms with Gasteiger partial charge >= 0.3 is 24.4 Å². The Morgan fingerprint density at radius 3 is 2.26 bits per heavy atom. The number of hydrogen-bond acceptors (Lipinski definition) is 3. The van der Waals surface area contributed by atoms with Gasteiger partial charge in [0.05, 0.1) is 29.0 Å². The molecule has 1 heterocycles. The van der Waals surface area contributed by atoms with Crippen LogP contribution >= 0.6 is 0 Å². The van der Waals surface area contributed by atoms with Gasteiger partial charge in [-0.15, -0.1) is 0 Å². The first-order chi connectivity index (χ1) is 12.3. The average molecular weight is 395 g/mol. The number of nitriles is 1. The summed E-state index contributed by atoms with van der Waals surface area (Å²) in [5.74, 6) is -5.89. The lowest BCUT2D eigenvalue weighted by Gasteiger charge is -2.19. The van der Waals surface area contributed by atoms with E-state index in [2.05, 4.69) is 0 Å². The van der Waals surface area contributed by atoms with Crippen molar-refractivity contribution in [2.45, 2.75) is 12.4 Å². The van der Waals surface area contributed by atoms with Gasteiger partial charge in [0.25, 0.3) is 0 Å². The van der Waals surface area contributed by atoms with E-state index in [0.29, 0.717) is 11.0 Å². The summed E-state index contributed by atoms with van der Waals surface area (Å²) < 4.78 is 77.5. The lowest BCUT2D eigenvalue weighted by atomic mass is 9.96. The number of nitrogens with zero attached hydrogens (tertiary/aromatic N) is 2. The molecule has 2 N–H and O–H groups in total. The van der Waals surface area contributed by atoms with E-state index in [-0.39, 0.29) is 0 Å². The molecule has 0 radical (unpaired) electrons. The van der Waals surface area contributed by atoms with Gasteiger partial charge in [-0.25, -0.2) is 4.79 Å². The zero-order valence-corrected chi connectivity index (χ0v) is 13.2. The van der Waals surface area contributed by atoms with Crippen molar-refractivity contribution in [3.05, 3.63) is 29.3 Å². The van der Waals surface area contributed by atoms with E-state index in [1.54, 1.807) is 0 Å². The Labute approximate surface area is 148 Å². The number of alkyl halides is 6. The summed E-state index contributed by atoms with van der Waals surface area (Å²) in [5, 5.41) is 19.6. The molecule has 146 valence electrons. The summed E-state index contributed by atoms with van der Waals surface area (Å²) in [5.41, 5.74) is -2.40. The van der Waals surface area contributed by atoms with Gasteiger partial charge in [-0.3, -0.25) is 4.79 Å². The fourth-order valence-electron chi connectivity index (χ4n) is 2.71. The van der Waals surface area contributed by atoms with Crippen LogP contribution in [0, 0.1) is 23.2 Å². The van der Waals surface area contributed by atoms with Crippen molar-refractivity contribution in [1.29, 1.82) is 5.26 Å². The molecule has 1 saturated heterocycles. The van der Waals surface area contributed by atoms with E-state index in [1.165, 1.54) is 6.07 Å². The van der Waals surface area contributed by atoms with E-state index in [0.717, 1.165) is 12.1 Å². The molecule has 2 amide bonds. The second kappa shape index (κ2) is 6.98. The normalized spacial score (nSPS) is 20.3. The zero-order valence-electron chi connectivity index (χ0n) is 13.2. The first-order valence-corrected chi connectivity index (χ1v) is 7.31. The van der Waals surface area contributed by atoms with Gasteiger partial charge in [0.15, 0.2) is 0 Å². The summed E-state index contributed by atoms with van der Waals surface area (Å²) in [6.45, 7) is -1.68. The largest absolute Gasteiger partial charge is 0.481 e. The monoisotopic (exact) mass is 395 g/mol. The summed E-state index contributed by atoms with van der Waals surface area (Å²) in [6.07, 6.45) is -9.73. The minimum atomic E-state index is -4.88. The zero-order chi connectivity index (χ0) is 20.6. The number of carbonyl (C=O) groups is 2. The smallest absolute Gasteiger partial charge is 0.417 e. The number of urea groups is 1. The van der Waals surface area contributed by atoms with Crippen molar-refractivity contribution < 1.29 is 41.0 Å². The van der Waals surface area contributed by atoms with Crippen molar-refractivity contribution in [2.75, 3.05) is 18.4 Å². The van der Waals surface area contributed by atoms with Crippen LogP contribution in [0.25, 0.3) is 0 Å². The minimum absolute atomic E-state index is 0.395. The Kier molecular flexibility index (Phi) is 5.26. The first kappa shape index (κ1) is 20.3. The number of amides is 2. The number of carboxylic acids is 1. The highest BCUT2D eigenvalue weighted by Gasteiger charge is 2.53. The van der Waals surface area contributed by atoms with E-state index >= 15 is 0 Å². The molecule has 0 aromatic heterocycles. The molecule has 1 aromatic carbocycles. The highest BCUT2D eigenvalue weighted by molar-refractivity contribution is 5.90. The first-order valence-electron chi connectivity index (χ1n) is 7.31. The molecule has 2 atom stereocenters. The summed E-state index contributed by atoms with van der Waals surface area (Å²) in [6, 6.07) is 2.43. The second-order valence-corrected chi connectivity index (χ2v) is 5.80. The molecule has 0 spiro atoms. The number of anilines is 1. The molecule has 6 nitrogen and oxygen atoms in total. The molecule has 1 fully saturated rings. The van der Waals surface area contributed by atoms with E-state index < -0.39 is 66.1 Å². The molecule has 1 aliphatic rings. The van der Waals surface area contributed by atoms with Gasteiger partial charge in [0, 0.05) is 18.8 Å². The maximum absolute atomic E-state index is 12.9. The lowest BCUT2D eigenvalue weighted by Crippen LogP contribution is -2.35. The van der Waals surface area contributed by atoms with Gasteiger partial charge in [-0.05, 0) is 18.2 Å². The fourth-order valence-corrected chi connectivity index (χ4v) is 2.71. The number of rotatable bonds is 2. The Morgan fingerprint density at radius 1 is 1.19 bits per heavy atom. The van der Waals surface area contributed by atoms with Crippen molar-refractivity contribution in [3.8, 4) is 6.07 Å². The molecule has 0 unspecified atom stereocenters. The lowest BCUT2D eigenvalue weighted by molar-refractivity contribution is -0.187. The predicted octanol–water partition coefficient (Wildman–Crippen LogP) is 3.30. The molecule has 27 heavy (non-hydrogen) atoms. The van der Waals surface area contributed by atoms with Crippen molar-refractivity contribution in [1.82, 2.24) is 4.90 Å². The van der Waals surface area contributed by atoms with Gasteiger partial charge < -0.3 is 15.3 Å². The highest BCUT2D eigenvalue weighted by Crippen LogP contribution is 2.38. The van der Waals surface area contributed by atoms with Crippen LogP contribution in [0.4, 0.5) is 36.8 Å². The second-order valence-electron chi connectivity index (χ2n) is 5.80. The van der Waals surface area contributed by atoms with E-state index in [1.807, 2.05) is 5.32 Å². The Balaban J connectivity index is 2.21. The molecule has 0 bridgehead atoms. The summed E-state index contributed by atoms with van der Waals surface area (Å²) >= 11 is 0. The number of nitrogens with one attached hydrogen (secondary N) is 1. The number of hydrogen-bond donors (Lipinski definition) is 2. The van der Waals surface area contributed by atoms with Crippen LogP contribution in [0.5, 0.6) is 0 Å². The highest BCUT2D eigenvalue weighted by atomic mass is 19.4. The fraction of sp³-hybridized carbons (Fsp3) is 0.400. The molecule has 0 aliphatic carbocycles. The molecule has 12 heteroatoms. The van der Waals surface area contributed by atoms with Crippen LogP contribution in [0.3, 0.4) is 0 Å². The summed E-state index contributed by atoms with van der Waals surface area (Å²) in [4.78, 5) is 23.6. The molecular weight excluding hydrogens is 384 g/mol. The van der Waals surface area contributed by atoms with Gasteiger partial charge in [0.2, 0.25) is 0 Å². The third-order valence-electron chi connectivity index (χ3n) is 4.04. The maximum Gasteiger partial charge on any atom is 0.417 e. The minimum Gasteiger partial charge on any atom is -0.481 e. The van der Waals surface area contributed by atoms with Crippen molar-refractivity contribution >= 4 is 17.7 Å². The van der Waals surface area contributed by atoms with Crippen LogP contribution in [-0.2, 0) is 11.0 Å². The quantitative estimate of drug-likeness (QED) is 0.752. The third kappa shape index (κ3) is 4.42.